The summed E-state index contributed by atoms with van der Waals surface area (Å²) in [6, 6.07) is 0.682. The number of hydrogen-bond donors (Lipinski definition) is 2. The molecule has 5 nitrogen and oxygen atoms in total. The third kappa shape index (κ3) is 2.78. The largest absolute Gasteiger partial charge is 0.476 e. The van der Waals surface area contributed by atoms with E-state index in [0.717, 1.165) is 12.8 Å². The first-order valence-corrected chi connectivity index (χ1v) is 6.16. The van der Waals surface area contributed by atoms with E-state index in [4.69, 9.17) is 9.52 Å². The maximum Gasteiger partial charge on any atom is 0.357 e. The van der Waals surface area contributed by atoms with E-state index in [1.807, 2.05) is 0 Å². The molecule has 0 amide bonds. The van der Waals surface area contributed by atoms with Crippen molar-refractivity contribution >= 4 is 12.0 Å². The van der Waals surface area contributed by atoms with Crippen LogP contribution in [0.3, 0.4) is 0 Å². The highest BCUT2D eigenvalue weighted by Gasteiger charge is 2.25. The molecule has 2 rings (SSSR count). The average Bonchev–Trinajstić information content (AvgIpc) is 2.78. The first kappa shape index (κ1) is 12.0. The minimum Gasteiger partial charge on any atom is -0.476 e. The Kier molecular flexibility index (Phi) is 3.66. The summed E-state index contributed by atoms with van der Waals surface area (Å²) in [6.07, 6.45) is 7.12. The third-order valence-corrected chi connectivity index (χ3v) is 3.47. The summed E-state index contributed by atoms with van der Waals surface area (Å²) >= 11 is 0. The van der Waals surface area contributed by atoms with Gasteiger partial charge in [-0.15, -0.1) is 0 Å². The van der Waals surface area contributed by atoms with Crippen molar-refractivity contribution < 1.29 is 14.3 Å². The quantitative estimate of drug-likeness (QED) is 0.843. The average molecular weight is 238 g/mol. The van der Waals surface area contributed by atoms with Gasteiger partial charge in [0.25, 0.3) is 6.01 Å². The van der Waals surface area contributed by atoms with Gasteiger partial charge in [-0.25, -0.2) is 4.79 Å². The van der Waals surface area contributed by atoms with Crippen molar-refractivity contribution in [1.82, 2.24) is 4.98 Å². The Bertz CT molecular complexity index is 389. The molecular formula is C12H18N2O3. The fraction of sp³-hybridized carbons (Fsp3) is 0.667. The molecule has 2 atom stereocenters. The first-order chi connectivity index (χ1) is 8.20. The molecule has 2 N–H and O–H groups in total. The molecule has 0 spiro atoms. The van der Waals surface area contributed by atoms with E-state index >= 15 is 0 Å². The number of nitrogens with one attached hydrogen (secondary N) is 1. The number of hydrogen-bond acceptors (Lipinski definition) is 4. The zero-order valence-electron chi connectivity index (χ0n) is 9.98. The van der Waals surface area contributed by atoms with Crippen molar-refractivity contribution in [3.63, 3.8) is 0 Å². The highest BCUT2D eigenvalue weighted by Crippen LogP contribution is 2.29. The number of nitrogens with zero attached hydrogens (tertiary/aromatic N) is 1. The highest BCUT2D eigenvalue weighted by molar-refractivity contribution is 5.85. The van der Waals surface area contributed by atoms with E-state index in [1.54, 1.807) is 0 Å². The van der Waals surface area contributed by atoms with Crippen molar-refractivity contribution in [3.8, 4) is 0 Å². The molecule has 17 heavy (non-hydrogen) atoms. The molecule has 1 aliphatic carbocycles. The normalized spacial score (nSPS) is 24.5. The van der Waals surface area contributed by atoms with E-state index in [-0.39, 0.29) is 5.69 Å². The van der Waals surface area contributed by atoms with Crippen molar-refractivity contribution in [3.05, 3.63) is 12.0 Å². The standard InChI is InChI=1S/C12H18N2O3/c1-2-8-5-3-4-6-9(8)13-12-14-10(7-17-12)11(15)16/h7-9H,2-6H2,1H3,(H,13,14)(H,15,16). The molecule has 0 aliphatic heterocycles. The van der Waals surface area contributed by atoms with E-state index in [1.165, 1.54) is 25.5 Å². The molecular weight excluding hydrogens is 220 g/mol. The third-order valence-electron chi connectivity index (χ3n) is 3.47. The summed E-state index contributed by atoms with van der Waals surface area (Å²) in [5.74, 6) is -0.429. The lowest BCUT2D eigenvalue weighted by Gasteiger charge is -2.30. The smallest absolute Gasteiger partial charge is 0.357 e. The van der Waals surface area contributed by atoms with Gasteiger partial charge >= 0.3 is 5.97 Å². The van der Waals surface area contributed by atoms with E-state index < -0.39 is 5.97 Å². The summed E-state index contributed by atoms with van der Waals surface area (Å²) in [6.45, 7) is 2.18. The molecule has 0 saturated heterocycles. The number of carboxylic acids is 1. The fourth-order valence-corrected chi connectivity index (χ4v) is 2.48. The molecule has 0 bridgehead atoms. The topological polar surface area (TPSA) is 75.4 Å². The second kappa shape index (κ2) is 5.21. The number of anilines is 1. The van der Waals surface area contributed by atoms with Crippen molar-refractivity contribution in [1.29, 1.82) is 0 Å². The van der Waals surface area contributed by atoms with Crippen LogP contribution in [-0.2, 0) is 0 Å². The fourth-order valence-electron chi connectivity index (χ4n) is 2.48. The van der Waals surface area contributed by atoms with Gasteiger partial charge in [-0.3, -0.25) is 0 Å². The van der Waals surface area contributed by atoms with Gasteiger partial charge in [0.1, 0.15) is 6.26 Å². The van der Waals surface area contributed by atoms with Gasteiger partial charge in [0.05, 0.1) is 0 Å². The molecule has 0 radical (unpaired) electrons. The van der Waals surface area contributed by atoms with Gasteiger partial charge in [0.15, 0.2) is 5.69 Å². The summed E-state index contributed by atoms with van der Waals surface area (Å²) in [5.41, 5.74) is -0.0450. The molecule has 1 heterocycles. The van der Waals surface area contributed by atoms with Gasteiger partial charge in [0.2, 0.25) is 0 Å². The Balaban J connectivity index is 2.00. The van der Waals surface area contributed by atoms with E-state index in [9.17, 15) is 4.79 Å². The number of carboxylic acid groups (broad SMARTS) is 1. The molecule has 1 saturated carbocycles. The number of carbonyl (C=O) groups is 1. The number of aromatic carboxylic acids is 1. The first-order valence-electron chi connectivity index (χ1n) is 6.16. The second-order valence-electron chi connectivity index (χ2n) is 4.55. The lowest BCUT2D eigenvalue weighted by molar-refractivity contribution is 0.0690. The molecule has 2 unspecified atom stereocenters. The van der Waals surface area contributed by atoms with Crippen LogP contribution in [0.25, 0.3) is 0 Å². The number of rotatable bonds is 4. The monoisotopic (exact) mass is 238 g/mol. The van der Waals surface area contributed by atoms with Crippen LogP contribution in [-0.4, -0.2) is 22.1 Å². The summed E-state index contributed by atoms with van der Waals surface area (Å²) < 4.78 is 5.12. The molecule has 1 aliphatic rings. The van der Waals surface area contributed by atoms with Crippen LogP contribution in [0, 0.1) is 5.92 Å². The molecule has 0 aromatic carbocycles. The van der Waals surface area contributed by atoms with Gasteiger partial charge < -0.3 is 14.8 Å². The van der Waals surface area contributed by atoms with Crippen LogP contribution in [0.5, 0.6) is 0 Å². The van der Waals surface area contributed by atoms with Crippen molar-refractivity contribution in [2.45, 2.75) is 45.1 Å². The summed E-state index contributed by atoms with van der Waals surface area (Å²) in [5, 5.41) is 12.0. The Morgan fingerprint density at radius 1 is 1.59 bits per heavy atom. The maximum absolute atomic E-state index is 10.7. The Morgan fingerprint density at radius 3 is 3.00 bits per heavy atom. The predicted octanol–water partition coefficient (Wildman–Crippen LogP) is 2.75. The van der Waals surface area contributed by atoms with Crippen molar-refractivity contribution in [2.24, 2.45) is 5.92 Å². The lowest BCUT2D eigenvalue weighted by atomic mass is 9.83. The lowest BCUT2D eigenvalue weighted by Crippen LogP contribution is -2.31. The molecule has 5 heteroatoms. The van der Waals surface area contributed by atoms with Crippen LogP contribution in [0.1, 0.15) is 49.5 Å². The highest BCUT2D eigenvalue weighted by atomic mass is 16.4. The second-order valence-corrected chi connectivity index (χ2v) is 4.55. The predicted molar refractivity (Wildman–Crippen MR) is 63.1 cm³/mol. The molecule has 1 aromatic rings. The minimum atomic E-state index is -1.06. The maximum atomic E-state index is 10.7. The zero-order chi connectivity index (χ0) is 12.3. The Morgan fingerprint density at radius 2 is 2.35 bits per heavy atom. The Labute approximate surface area is 100 Å². The van der Waals surface area contributed by atoms with Crippen LogP contribution in [0.4, 0.5) is 6.01 Å². The summed E-state index contributed by atoms with van der Waals surface area (Å²) in [4.78, 5) is 14.6. The van der Waals surface area contributed by atoms with Gasteiger partial charge in [0, 0.05) is 6.04 Å². The number of oxazole rings is 1. The molecule has 1 fully saturated rings. The Hall–Kier alpha value is -1.52. The van der Waals surface area contributed by atoms with Crippen LogP contribution in [0.15, 0.2) is 10.7 Å². The SMILES string of the molecule is CCC1CCCCC1Nc1nc(C(=O)O)co1. The minimum absolute atomic E-state index is 0.0450. The zero-order valence-corrected chi connectivity index (χ0v) is 9.98. The van der Waals surface area contributed by atoms with Gasteiger partial charge in [-0.2, -0.15) is 4.98 Å². The van der Waals surface area contributed by atoms with Gasteiger partial charge in [-0.1, -0.05) is 26.2 Å². The summed E-state index contributed by atoms with van der Waals surface area (Å²) in [7, 11) is 0. The van der Waals surface area contributed by atoms with Crippen LogP contribution in [0.2, 0.25) is 0 Å². The number of aromatic nitrogens is 1. The van der Waals surface area contributed by atoms with Crippen LogP contribution < -0.4 is 5.32 Å². The van der Waals surface area contributed by atoms with Crippen LogP contribution >= 0.6 is 0 Å². The van der Waals surface area contributed by atoms with Gasteiger partial charge in [-0.05, 0) is 18.8 Å². The van der Waals surface area contributed by atoms with E-state index in [2.05, 4.69) is 17.2 Å². The molecule has 1 aromatic heterocycles. The molecule has 94 valence electrons. The van der Waals surface area contributed by atoms with Crippen molar-refractivity contribution in [2.75, 3.05) is 5.32 Å². The van der Waals surface area contributed by atoms with E-state index in [0.29, 0.717) is 18.0 Å².